The molecule has 4 nitrogen and oxygen atoms in total. The monoisotopic (exact) mass is 213 g/mol. The Morgan fingerprint density at radius 1 is 1.53 bits per heavy atom. The molecule has 88 valence electrons. The van der Waals surface area contributed by atoms with Crippen LogP contribution >= 0.6 is 0 Å². The van der Waals surface area contributed by atoms with Gasteiger partial charge in [0.1, 0.15) is 0 Å². The second-order valence-corrected chi connectivity index (χ2v) is 4.48. The van der Waals surface area contributed by atoms with E-state index in [1.54, 1.807) is 4.90 Å². The minimum atomic E-state index is 0.142. The number of likely N-dealkylation sites (tertiary alicyclic amines) is 1. The molecule has 1 fully saturated rings. The molecule has 15 heavy (non-hydrogen) atoms. The molecule has 0 aromatic carbocycles. The summed E-state index contributed by atoms with van der Waals surface area (Å²) >= 11 is 0. The second-order valence-electron chi connectivity index (χ2n) is 4.48. The smallest absolute Gasteiger partial charge is 0.319 e. The van der Waals surface area contributed by atoms with Crippen molar-refractivity contribution in [2.24, 2.45) is 5.92 Å². The van der Waals surface area contributed by atoms with E-state index in [2.05, 4.69) is 12.2 Å². The van der Waals surface area contributed by atoms with Crippen molar-refractivity contribution in [1.29, 1.82) is 0 Å². The van der Waals surface area contributed by atoms with Gasteiger partial charge in [0.25, 0.3) is 0 Å². The number of carbonyl (C=O) groups excluding carboxylic acids is 1. The van der Waals surface area contributed by atoms with Crippen molar-refractivity contribution in [2.45, 2.75) is 25.8 Å². The maximum absolute atomic E-state index is 11.8. The predicted octanol–water partition coefficient (Wildman–Crippen LogP) is 0.988. The number of urea groups is 1. The van der Waals surface area contributed by atoms with Crippen molar-refractivity contribution in [3.05, 3.63) is 0 Å². The van der Waals surface area contributed by atoms with Gasteiger partial charge in [-0.2, -0.15) is 0 Å². The molecule has 2 unspecified atom stereocenters. The van der Waals surface area contributed by atoms with E-state index in [4.69, 9.17) is 0 Å². The average molecular weight is 213 g/mol. The first kappa shape index (κ1) is 12.3. The lowest BCUT2D eigenvalue weighted by atomic mass is 9.90. The van der Waals surface area contributed by atoms with E-state index in [1.807, 2.05) is 26.0 Å². The molecule has 0 radical (unpaired) electrons. The predicted molar refractivity (Wildman–Crippen MR) is 61.9 cm³/mol. The molecule has 0 aromatic rings. The van der Waals surface area contributed by atoms with E-state index in [9.17, 15) is 4.79 Å². The molecule has 2 amide bonds. The molecule has 1 aliphatic rings. The van der Waals surface area contributed by atoms with Crippen LogP contribution in [0.3, 0.4) is 0 Å². The summed E-state index contributed by atoms with van der Waals surface area (Å²) in [7, 11) is 5.64. The van der Waals surface area contributed by atoms with Gasteiger partial charge in [-0.15, -0.1) is 0 Å². The Labute approximate surface area is 92.6 Å². The molecule has 2 atom stereocenters. The number of hydrogen-bond donors (Lipinski definition) is 1. The quantitative estimate of drug-likeness (QED) is 0.742. The van der Waals surface area contributed by atoms with Gasteiger partial charge in [-0.05, 0) is 19.4 Å². The Bertz CT molecular complexity index is 218. The van der Waals surface area contributed by atoms with Crippen LogP contribution in [-0.4, -0.2) is 56.1 Å². The highest BCUT2D eigenvalue weighted by Crippen LogP contribution is 2.20. The van der Waals surface area contributed by atoms with Gasteiger partial charge in [0.15, 0.2) is 0 Å². The number of rotatable bonds is 2. The van der Waals surface area contributed by atoms with E-state index in [-0.39, 0.29) is 6.03 Å². The van der Waals surface area contributed by atoms with Gasteiger partial charge in [0, 0.05) is 33.2 Å². The Balaban J connectivity index is 2.56. The van der Waals surface area contributed by atoms with Crippen molar-refractivity contribution < 1.29 is 4.79 Å². The number of amides is 2. The summed E-state index contributed by atoms with van der Waals surface area (Å²) in [6.07, 6.45) is 2.19. The van der Waals surface area contributed by atoms with Crippen LogP contribution in [0.2, 0.25) is 0 Å². The maximum atomic E-state index is 11.8. The minimum Gasteiger partial charge on any atom is -0.331 e. The lowest BCUT2D eigenvalue weighted by Gasteiger charge is -2.39. The van der Waals surface area contributed by atoms with Gasteiger partial charge in [-0.25, -0.2) is 4.79 Å². The third-order valence-electron chi connectivity index (χ3n) is 3.28. The Kier molecular flexibility index (Phi) is 4.39. The molecule has 1 heterocycles. The van der Waals surface area contributed by atoms with Crippen LogP contribution in [0.25, 0.3) is 0 Å². The third-order valence-corrected chi connectivity index (χ3v) is 3.28. The fraction of sp³-hybridized carbons (Fsp3) is 0.909. The van der Waals surface area contributed by atoms with Crippen molar-refractivity contribution in [1.82, 2.24) is 15.1 Å². The fourth-order valence-electron chi connectivity index (χ4n) is 2.28. The Morgan fingerprint density at radius 2 is 2.20 bits per heavy atom. The van der Waals surface area contributed by atoms with E-state index < -0.39 is 0 Å². The highest BCUT2D eigenvalue weighted by atomic mass is 16.2. The van der Waals surface area contributed by atoms with E-state index in [1.165, 1.54) is 0 Å². The second kappa shape index (κ2) is 5.35. The fourth-order valence-corrected chi connectivity index (χ4v) is 2.28. The minimum absolute atomic E-state index is 0.142. The molecular formula is C11H23N3O. The Morgan fingerprint density at radius 3 is 2.67 bits per heavy atom. The zero-order valence-corrected chi connectivity index (χ0v) is 10.3. The van der Waals surface area contributed by atoms with Crippen LogP contribution in [0.5, 0.6) is 0 Å². The molecule has 1 aliphatic heterocycles. The van der Waals surface area contributed by atoms with Gasteiger partial charge < -0.3 is 15.1 Å². The highest BCUT2D eigenvalue weighted by molar-refractivity contribution is 5.73. The summed E-state index contributed by atoms with van der Waals surface area (Å²) in [5, 5.41) is 3.34. The van der Waals surface area contributed by atoms with Crippen LogP contribution in [0, 0.1) is 5.92 Å². The lowest BCUT2D eigenvalue weighted by molar-refractivity contribution is 0.126. The lowest BCUT2D eigenvalue weighted by Crippen LogP contribution is -2.52. The highest BCUT2D eigenvalue weighted by Gasteiger charge is 2.29. The van der Waals surface area contributed by atoms with Gasteiger partial charge in [-0.3, -0.25) is 0 Å². The van der Waals surface area contributed by atoms with E-state index >= 15 is 0 Å². The molecule has 0 aliphatic carbocycles. The van der Waals surface area contributed by atoms with Crippen LogP contribution in [0.1, 0.15) is 19.8 Å². The van der Waals surface area contributed by atoms with Gasteiger partial charge in [-0.1, -0.05) is 13.3 Å². The zero-order chi connectivity index (χ0) is 11.4. The Hall–Kier alpha value is -0.770. The topological polar surface area (TPSA) is 35.6 Å². The molecule has 4 heteroatoms. The van der Waals surface area contributed by atoms with Gasteiger partial charge >= 0.3 is 6.03 Å². The maximum Gasteiger partial charge on any atom is 0.319 e. The zero-order valence-electron chi connectivity index (χ0n) is 10.3. The first-order valence-corrected chi connectivity index (χ1v) is 5.73. The summed E-state index contributed by atoms with van der Waals surface area (Å²) in [5.41, 5.74) is 0. The number of hydrogen-bond acceptors (Lipinski definition) is 2. The molecule has 1 rings (SSSR count). The first-order chi connectivity index (χ1) is 7.10. The van der Waals surface area contributed by atoms with Crippen molar-refractivity contribution in [2.75, 3.05) is 34.2 Å². The van der Waals surface area contributed by atoms with Crippen molar-refractivity contribution in [3.63, 3.8) is 0 Å². The summed E-state index contributed by atoms with van der Waals surface area (Å²) in [6.45, 7) is 3.96. The molecule has 1 saturated heterocycles. The number of piperidine rings is 1. The number of carbonyl (C=O) groups is 1. The third kappa shape index (κ3) is 2.84. The largest absolute Gasteiger partial charge is 0.331 e. The van der Waals surface area contributed by atoms with E-state index in [0.29, 0.717) is 12.0 Å². The average Bonchev–Trinajstić information content (AvgIpc) is 2.26. The number of nitrogens with zero attached hydrogens (tertiary/aromatic N) is 2. The molecule has 0 aromatic heterocycles. The summed E-state index contributed by atoms with van der Waals surface area (Å²) in [4.78, 5) is 15.4. The summed E-state index contributed by atoms with van der Waals surface area (Å²) in [6, 6.07) is 0.712. The first-order valence-electron chi connectivity index (χ1n) is 5.73. The van der Waals surface area contributed by atoms with Crippen molar-refractivity contribution in [3.8, 4) is 0 Å². The molecule has 0 saturated carbocycles. The van der Waals surface area contributed by atoms with Gasteiger partial charge in [0.05, 0.1) is 0 Å². The molecule has 1 N–H and O–H groups in total. The SMILES string of the molecule is CCC1CN(C(=O)N(C)C)CCC1NC. The van der Waals surface area contributed by atoms with Crippen LogP contribution in [-0.2, 0) is 0 Å². The van der Waals surface area contributed by atoms with Crippen LogP contribution in [0.4, 0.5) is 4.79 Å². The molecular weight excluding hydrogens is 190 g/mol. The number of nitrogens with one attached hydrogen (secondary N) is 1. The van der Waals surface area contributed by atoms with Crippen molar-refractivity contribution >= 4 is 6.03 Å². The summed E-state index contributed by atoms with van der Waals surface area (Å²) < 4.78 is 0. The summed E-state index contributed by atoms with van der Waals surface area (Å²) in [5.74, 6) is 0.590. The van der Waals surface area contributed by atoms with Gasteiger partial charge in [0.2, 0.25) is 0 Å². The van der Waals surface area contributed by atoms with Crippen LogP contribution < -0.4 is 5.32 Å². The van der Waals surface area contributed by atoms with Crippen LogP contribution in [0.15, 0.2) is 0 Å². The standard InChI is InChI=1S/C11H23N3O/c1-5-9-8-14(11(15)13(3)4)7-6-10(9)12-2/h9-10,12H,5-8H2,1-4H3. The normalized spacial score (nSPS) is 26.5. The molecule has 0 spiro atoms. The molecule has 0 bridgehead atoms. The van der Waals surface area contributed by atoms with E-state index in [0.717, 1.165) is 25.9 Å².